The molecule has 0 aromatic heterocycles. The van der Waals surface area contributed by atoms with Crippen LogP contribution < -0.4 is 0 Å². The van der Waals surface area contributed by atoms with E-state index >= 15 is 0 Å². The Labute approximate surface area is 160 Å². The molecule has 0 atom stereocenters. The molecule has 0 aliphatic heterocycles. The van der Waals surface area contributed by atoms with Crippen LogP contribution in [0.15, 0.2) is 0 Å². The van der Waals surface area contributed by atoms with E-state index in [1.54, 1.807) is 0 Å². The summed E-state index contributed by atoms with van der Waals surface area (Å²) in [6, 6.07) is 0. The van der Waals surface area contributed by atoms with Crippen molar-refractivity contribution in [2.75, 3.05) is 0 Å². The van der Waals surface area contributed by atoms with E-state index in [1.165, 1.54) is 0 Å². The van der Waals surface area contributed by atoms with Gasteiger partial charge in [0.1, 0.15) is 0 Å². The monoisotopic (exact) mass is 404 g/mol. The molecule has 0 amide bonds. The largest absolute Gasteiger partial charge is 2.00 e. The van der Waals surface area contributed by atoms with Crippen molar-refractivity contribution in [3.05, 3.63) is 61.3 Å². The average Bonchev–Trinajstić information content (AvgIpc) is 1.76. The fraction of sp³-hybridized carbons (Fsp3) is 0. The maximum atomic E-state index is 8.25. The standard InChI is InChI=1S/2Mg.4NO3.6H2O/c;;4*2-1(3)4;;;;;;/h;;;;;;6*1H2/q2*+2;4*-1;;;;;;. The van der Waals surface area contributed by atoms with Gasteiger partial charge in [0, 0.05) is 0 Å². The molecular weight excluding hydrogens is 393 g/mol. The van der Waals surface area contributed by atoms with Gasteiger partial charge in [-0.2, -0.15) is 0 Å². The molecule has 0 rings (SSSR count). The Bertz CT molecular complexity index is 165. The third-order valence-electron chi connectivity index (χ3n) is 0. The molecule has 24 heteroatoms. The second-order valence-corrected chi connectivity index (χ2v) is 0.894. The van der Waals surface area contributed by atoms with Gasteiger partial charge in [-0.1, -0.05) is 0 Å². The predicted octanol–water partition coefficient (Wildman–Crippen LogP) is -6.67. The fourth-order valence-corrected chi connectivity index (χ4v) is 0. The number of hydrogen-bond acceptors (Lipinski definition) is 12. The second-order valence-electron chi connectivity index (χ2n) is 0.894. The number of nitrogens with zero attached hydrogens (tertiary/aromatic N) is 4. The molecule has 24 heavy (non-hydrogen) atoms. The molecule has 0 fully saturated rings. The summed E-state index contributed by atoms with van der Waals surface area (Å²) in [4.78, 5) is 33.0. The third kappa shape index (κ3) is 2010. The van der Waals surface area contributed by atoms with Crippen LogP contribution in [0.1, 0.15) is 0 Å². The van der Waals surface area contributed by atoms with Crippen molar-refractivity contribution in [1.82, 2.24) is 0 Å². The summed E-state index contributed by atoms with van der Waals surface area (Å²) in [5.74, 6) is 0. The molecule has 12 N–H and O–H groups in total. The molecule has 0 aromatic rings. The van der Waals surface area contributed by atoms with E-state index in [9.17, 15) is 0 Å². The van der Waals surface area contributed by atoms with Crippen molar-refractivity contribution in [3.8, 4) is 0 Å². The van der Waals surface area contributed by atoms with Gasteiger partial charge in [-0.05, 0) is 0 Å². The van der Waals surface area contributed by atoms with E-state index in [2.05, 4.69) is 0 Å². The van der Waals surface area contributed by atoms with Crippen molar-refractivity contribution in [1.29, 1.82) is 0 Å². The predicted molar refractivity (Wildman–Crippen MR) is 74.6 cm³/mol. The van der Waals surface area contributed by atoms with Gasteiger partial charge in [0.25, 0.3) is 0 Å². The Hall–Kier alpha value is -1.91. The van der Waals surface area contributed by atoms with E-state index in [0.29, 0.717) is 0 Å². The van der Waals surface area contributed by atoms with Gasteiger partial charge < -0.3 is 94.1 Å². The first kappa shape index (κ1) is 96.5. The fourth-order valence-electron chi connectivity index (χ4n) is 0. The zero-order valence-electron chi connectivity index (χ0n) is 11.1. The van der Waals surface area contributed by atoms with Crippen molar-refractivity contribution < 1.29 is 53.2 Å². The number of hydrogen-bond donors (Lipinski definition) is 0. The van der Waals surface area contributed by atoms with Crippen molar-refractivity contribution in [3.63, 3.8) is 0 Å². The van der Waals surface area contributed by atoms with E-state index in [1.807, 2.05) is 0 Å². The van der Waals surface area contributed by atoms with Gasteiger partial charge in [-0.3, -0.25) is 0 Å². The summed E-state index contributed by atoms with van der Waals surface area (Å²) in [7, 11) is 0. The van der Waals surface area contributed by atoms with Crippen LogP contribution >= 0.6 is 0 Å². The summed E-state index contributed by atoms with van der Waals surface area (Å²) in [5, 5.41) is 59.0. The maximum Gasteiger partial charge on any atom is 2.00 e. The molecule has 22 nitrogen and oxygen atoms in total. The Kier molecular flexibility index (Phi) is 336. The zero-order valence-corrected chi connectivity index (χ0v) is 13.9. The zero-order chi connectivity index (χ0) is 14.3. The molecule has 0 bridgehead atoms. The minimum absolute atomic E-state index is 0. The molecule has 0 aliphatic carbocycles. The van der Waals surface area contributed by atoms with Crippen LogP contribution in [0, 0.1) is 61.3 Å². The Balaban J connectivity index is -0.00000000720. The summed E-state index contributed by atoms with van der Waals surface area (Å²) >= 11 is 0. The third-order valence-corrected chi connectivity index (χ3v) is 0. The van der Waals surface area contributed by atoms with E-state index in [4.69, 9.17) is 61.3 Å². The van der Waals surface area contributed by atoms with Gasteiger partial charge in [0.05, 0.1) is 20.3 Å². The maximum absolute atomic E-state index is 8.25. The second kappa shape index (κ2) is 83.6. The summed E-state index contributed by atoms with van der Waals surface area (Å²) in [6.07, 6.45) is 0. The van der Waals surface area contributed by atoms with E-state index in [0.717, 1.165) is 0 Å². The topological polar surface area (TPSA) is 454 Å². The van der Waals surface area contributed by atoms with E-state index in [-0.39, 0.29) is 79.0 Å². The molecule has 0 radical (unpaired) electrons. The van der Waals surface area contributed by atoms with Crippen molar-refractivity contribution in [2.24, 2.45) is 0 Å². The normalized spacial score (nSPS) is 4.00. The molecule has 0 saturated heterocycles. The van der Waals surface area contributed by atoms with Gasteiger partial charge in [-0.25, -0.2) is 0 Å². The molecule has 0 saturated carbocycles. The summed E-state index contributed by atoms with van der Waals surface area (Å²) in [6.45, 7) is 0. The van der Waals surface area contributed by atoms with Crippen molar-refractivity contribution >= 4 is 46.1 Å². The molecule has 0 aromatic carbocycles. The van der Waals surface area contributed by atoms with Gasteiger partial charge in [0.2, 0.25) is 0 Å². The summed E-state index contributed by atoms with van der Waals surface area (Å²) < 4.78 is 0. The Morgan fingerprint density at radius 2 is 0.333 bits per heavy atom. The van der Waals surface area contributed by atoms with Crippen LogP contribution in [0.5, 0.6) is 0 Å². The van der Waals surface area contributed by atoms with Gasteiger partial charge in [0.15, 0.2) is 0 Å². The first-order valence-corrected chi connectivity index (χ1v) is 2.19. The molecule has 144 valence electrons. The smallest absolute Gasteiger partial charge is 0.412 e. The van der Waals surface area contributed by atoms with Crippen molar-refractivity contribution in [2.45, 2.75) is 0 Å². The van der Waals surface area contributed by atoms with Crippen LogP contribution in [0.3, 0.4) is 0 Å². The summed E-state index contributed by atoms with van der Waals surface area (Å²) in [5.41, 5.74) is 0. The van der Waals surface area contributed by atoms with Crippen LogP contribution in [-0.4, -0.2) is 99.3 Å². The van der Waals surface area contributed by atoms with Gasteiger partial charge >= 0.3 is 46.1 Å². The molecule has 0 unspecified atom stereocenters. The first-order valence-electron chi connectivity index (χ1n) is 2.19. The molecule has 0 spiro atoms. The van der Waals surface area contributed by atoms with Gasteiger partial charge in [-0.15, -0.1) is 0 Å². The first-order chi connectivity index (χ1) is 6.93. The molecular formula is H12Mg2N4O18. The SMILES string of the molecule is O.O.O.O.O.O.O=[N+]([O-])[O-].O=[N+]([O-])[O-].O=[N+]([O-])[O-].O=[N+]([O-])[O-].[Mg+2].[Mg+2]. The van der Waals surface area contributed by atoms with Crippen LogP contribution in [0.25, 0.3) is 0 Å². The average molecular weight is 405 g/mol. The Morgan fingerprint density at radius 3 is 0.333 bits per heavy atom. The van der Waals surface area contributed by atoms with E-state index < -0.39 is 20.3 Å². The Morgan fingerprint density at radius 1 is 0.333 bits per heavy atom. The number of rotatable bonds is 0. The molecule has 0 aliphatic rings. The van der Waals surface area contributed by atoms with Crippen LogP contribution in [0.4, 0.5) is 0 Å². The molecule has 0 heterocycles. The minimum atomic E-state index is -1.75. The minimum Gasteiger partial charge on any atom is -0.412 e. The van der Waals surface area contributed by atoms with Crippen LogP contribution in [0.2, 0.25) is 0 Å². The van der Waals surface area contributed by atoms with Crippen LogP contribution in [-0.2, 0) is 0 Å². The quantitative estimate of drug-likeness (QED) is 0.206.